The molecule has 2 aliphatic heterocycles. The van der Waals surface area contributed by atoms with E-state index in [9.17, 15) is 4.79 Å². The number of carbonyl (C=O) groups is 1. The van der Waals surface area contributed by atoms with Gasteiger partial charge in [0.15, 0.2) is 0 Å². The van der Waals surface area contributed by atoms with Crippen LogP contribution in [0.2, 0.25) is 0 Å². The van der Waals surface area contributed by atoms with E-state index in [1.807, 2.05) is 17.0 Å². The van der Waals surface area contributed by atoms with Crippen LogP contribution in [0, 0.1) is 0 Å². The molecule has 2 aliphatic rings. The number of rotatable bonds is 9. The quantitative estimate of drug-likeness (QED) is 0.609. The Hall–Kier alpha value is -2.57. The lowest BCUT2D eigenvalue weighted by molar-refractivity contribution is -0.117. The molecule has 0 saturated carbocycles. The van der Waals surface area contributed by atoms with E-state index in [4.69, 9.17) is 14.2 Å². The largest absolute Gasteiger partial charge is 0.497 e. The summed E-state index contributed by atoms with van der Waals surface area (Å²) in [5, 5.41) is 0. The van der Waals surface area contributed by atoms with Crippen LogP contribution in [-0.4, -0.2) is 50.8 Å². The lowest BCUT2D eigenvalue weighted by atomic mass is 10.1. The van der Waals surface area contributed by atoms with Gasteiger partial charge >= 0.3 is 0 Å². The molecule has 2 heterocycles. The van der Waals surface area contributed by atoms with Gasteiger partial charge in [-0.2, -0.15) is 0 Å². The standard InChI is InChI=1S/C25H32N2O4/c1-29-22-12-9-20(24(15-22)30-2)17-26(18-23-5-4-14-31-23)16-19-7-10-21(11-8-19)27-13-3-6-25(27)28/h7-12,15,23H,3-6,13-14,16-18H2,1-2H3/t23-/m0/s1. The summed E-state index contributed by atoms with van der Waals surface area (Å²) in [7, 11) is 3.36. The highest BCUT2D eigenvalue weighted by Crippen LogP contribution is 2.28. The Morgan fingerprint density at radius 3 is 2.55 bits per heavy atom. The molecule has 2 aromatic rings. The van der Waals surface area contributed by atoms with Crippen molar-refractivity contribution in [1.82, 2.24) is 4.90 Å². The van der Waals surface area contributed by atoms with Crippen molar-refractivity contribution in [1.29, 1.82) is 0 Å². The summed E-state index contributed by atoms with van der Waals surface area (Å²) in [6.45, 7) is 4.12. The Balaban J connectivity index is 1.49. The molecule has 0 spiro atoms. The van der Waals surface area contributed by atoms with Gasteiger partial charge in [0.25, 0.3) is 0 Å². The second kappa shape index (κ2) is 10.2. The third kappa shape index (κ3) is 5.38. The van der Waals surface area contributed by atoms with E-state index in [0.717, 1.165) is 74.8 Å². The number of anilines is 1. The topological polar surface area (TPSA) is 51.2 Å². The van der Waals surface area contributed by atoms with E-state index in [1.165, 1.54) is 5.56 Å². The molecule has 1 atom stereocenters. The second-order valence-electron chi connectivity index (χ2n) is 8.30. The van der Waals surface area contributed by atoms with Crippen molar-refractivity contribution in [2.75, 3.05) is 38.8 Å². The fraction of sp³-hybridized carbons (Fsp3) is 0.480. The van der Waals surface area contributed by atoms with Crippen LogP contribution < -0.4 is 14.4 Å². The van der Waals surface area contributed by atoms with Crippen LogP contribution in [0.5, 0.6) is 11.5 Å². The first-order chi connectivity index (χ1) is 15.2. The smallest absolute Gasteiger partial charge is 0.227 e. The van der Waals surface area contributed by atoms with E-state index in [-0.39, 0.29) is 12.0 Å². The third-order valence-electron chi connectivity index (χ3n) is 6.10. The van der Waals surface area contributed by atoms with Gasteiger partial charge in [0.05, 0.1) is 20.3 Å². The van der Waals surface area contributed by atoms with Crippen molar-refractivity contribution >= 4 is 11.6 Å². The Kier molecular flexibility index (Phi) is 7.10. The third-order valence-corrected chi connectivity index (χ3v) is 6.10. The van der Waals surface area contributed by atoms with Crippen LogP contribution in [0.25, 0.3) is 0 Å². The highest BCUT2D eigenvalue weighted by Gasteiger charge is 2.23. The number of methoxy groups -OCH3 is 2. The molecule has 2 saturated heterocycles. The molecule has 0 aromatic heterocycles. The Labute approximate surface area is 184 Å². The summed E-state index contributed by atoms with van der Waals surface area (Å²) in [6.07, 6.45) is 4.10. The van der Waals surface area contributed by atoms with Gasteiger partial charge in [-0.3, -0.25) is 9.69 Å². The molecule has 2 fully saturated rings. The molecule has 0 N–H and O–H groups in total. The Morgan fingerprint density at radius 2 is 1.90 bits per heavy atom. The molecule has 1 amide bonds. The summed E-state index contributed by atoms with van der Waals surface area (Å²) in [6, 6.07) is 14.4. The zero-order valence-corrected chi connectivity index (χ0v) is 18.5. The predicted molar refractivity (Wildman–Crippen MR) is 121 cm³/mol. The summed E-state index contributed by atoms with van der Waals surface area (Å²) < 4.78 is 16.9. The maximum atomic E-state index is 12.0. The summed E-state index contributed by atoms with van der Waals surface area (Å²) >= 11 is 0. The van der Waals surface area contributed by atoms with Gasteiger partial charge in [0.1, 0.15) is 11.5 Å². The van der Waals surface area contributed by atoms with Gasteiger partial charge in [-0.05, 0) is 43.0 Å². The molecule has 2 aromatic carbocycles. The molecule has 6 nitrogen and oxygen atoms in total. The molecule has 0 unspecified atom stereocenters. The number of hydrogen-bond acceptors (Lipinski definition) is 5. The molecule has 0 radical (unpaired) electrons. The van der Waals surface area contributed by atoms with E-state index >= 15 is 0 Å². The van der Waals surface area contributed by atoms with Gasteiger partial charge in [0.2, 0.25) is 5.91 Å². The summed E-state index contributed by atoms with van der Waals surface area (Å²) in [5.74, 6) is 1.84. The van der Waals surface area contributed by atoms with Crippen molar-refractivity contribution in [3.8, 4) is 11.5 Å². The predicted octanol–water partition coefficient (Wildman–Crippen LogP) is 4.01. The van der Waals surface area contributed by atoms with E-state index in [2.05, 4.69) is 35.2 Å². The van der Waals surface area contributed by atoms with Crippen LogP contribution in [-0.2, 0) is 22.6 Å². The molecule has 166 valence electrons. The first kappa shape index (κ1) is 21.7. The Morgan fingerprint density at radius 1 is 1.06 bits per heavy atom. The number of nitrogens with zero attached hydrogens (tertiary/aromatic N) is 2. The van der Waals surface area contributed by atoms with Gasteiger partial charge in [-0.15, -0.1) is 0 Å². The van der Waals surface area contributed by atoms with Crippen molar-refractivity contribution in [3.05, 3.63) is 53.6 Å². The molecule has 0 bridgehead atoms. The van der Waals surface area contributed by atoms with Crippen LogP contribution >= 0.6 is 0 Å². The van der Waals surface area contributed by atoms with Crippen LogP contribution in [0.15, 0.2) is 42.5 Å². The molecular formula is C25H32N2O4. The van der Waals surface area contributed by atoms with Crippen molar-refractivity contribution in [2.24, 2.45) is 0 Å². The lowest BCUT2D eigenvalue weighted by Crippen LogP contribution is -2.31. The zero-order valence-electron chi connectivity index (χ0n) is 18.5. The average Bonchev–Trinajstić information content (AvgIpc) is 3.46. The van der Waals surface area contributed by atoms with Crippen LogP contribution in [0.1, 0.15) is 36.8 Å². The van der Waals surface area contributed by atoms with Gasteiger partial charge in [-0.1, -0.05) is 18.2 Å². The zero-order chi connectivity index (χ0) is 21.6. The highest BCUT2D eigenvalue weighted by atomic mass is 16.5. The van der Waals surface area contributed by atoms with Gasteiger partial charge < -0.3 is 19.1 Å². The fourth-order valence-corrected chi connectivity index (χ4v) is 4.45. The SMILES string of the molecule is COc1ccc(CN(Cc2ccc(N3CCCC3=O)cc2)C[C@@H]2CCCO2)c(OC)c1. The molecular weight excluding hydrogens is 392 g/mol. The maximum absolute atomic E-state index is 12.0. The summed E-state index contributed by atoms with van der Waals surface area (Å²) in [4.78, 5) is 16.3. The first-order valence-electron chi connectivity index (χ1n) is 11.1. The van der Waals surface area contributed by atoms with E-state index in [1.54, 1.807) is 14.2 Å². The highest BCUT2D eigenvalue weighted by molar-refractivity contribution is 5.95. The first-order valence-corrected chi connectivity index (χ1v) is 11.1. The normalized spacial score (nSPS) is 18.7. The molecule has 0 aliphatic carbocycles. The number of benzene rings is 2. The second-order valence-corrected chi connectivity index (χ2v) is 8.30. The van der Waals surface area contributed by atoms with Crippen molar-refractivity contribution in [2.45, 2.75) is 44.9 Å². The van der Waals surface area contributed by atoms with Crippen LogP contribution in [0.3, 0.4) is 0 Å². The summed E-state index contributed by atoms with van der Waals surface area (Å²) in [5.41, 5.74) is 3.34. The lowest BCUT2D eigenvalue weighted by Gasteiger charge is -2.26. The Bertz CT molecular complexity index is 878. The molecule has 4 rings (SSSR count). The minimum atomic E-state index is 0.222. The van der Waals surface area contributed by atoms with E-state index < -0.39 is 0 Å². The van der Waals surface area contributed by atoms with Gasteiger partial charge in [0, 0.05) is 56.5 Å². The van der Waals surface area contributed by atoms with Crippen molar-refractivity contribution < 1.29 is 19.0 Å². The maximum Gasteiger partial charge on any atom is 0.227 e. The minimum Gasteiger partial charge on any atom is -0.497 e. The number of hydrogen-bond donors (Lipinski definition) is 0. The monoisotopic (exact) mass is 424 g/mol. The van der Waals surface area contributed by atoms with Crippen molar-refractivity contribution in [3.63, 3.8) is 0 Å². The fourth-order valence-electron chi connectivity index (χ4n) is 4.45. The van der Waals surface area contributed by atoms with E-state index in [0.29, 0.717) is 6.42 Å². The molecule has 31 heavy (non-hydrogen) atoms. The average molecular weight is 425 g/mol. The van der Waals surface area contributed by atoms with Crippen LogP contribution in [0.4, 0.5) is 5.69 Å². The number of ether oxygens (including phenoxy) is 3. The minimum absolute atomic E-state index is 0.222. The number of amides is 1. The number of carbonyl (C=O) groups excluding carboxylic acids is 1. The van der Waals surface area contributed by atoms with Gasteiger partial charge in [-0.25, -0.2) is 0 Å². The molecule has 6 heteroatoms.